The first kappa shape index (κ1) is 78.6. The number of aromatic nitrogens is 3. The van der Waals surface area contributed by atoms with Crippen molar-refractivity contribution in [2.24, 2.45) is 10.2 Å². The van der Waals surface area contributed by atoms with E-state index in [2.05, 4.69) is 46.6 Å². The maximum atomic E-state index is 14.3. The quantitative estimate of drug-likeness (QED) is 0.0341. The summed E-state index contributed by atoms with van der Waals surface area (Å²) in [7, 11) is -31.3. The summed E-state index contributed by atoms with van der Waals surface area (Å²) in [5.41, 5.74) is -2.83. The van der Waals surface area contributed by atoms with Crippen molar-refractivity contribution in [3.8, 4) is 6.01 Å². The molecule has 0 unspecified atom stereocenters. The molecule has 0 bridgehead atoms. The number of fused-ring (bicyclic) bond motifs is 2. The van der Waals surface area contributed by atoms with Gasteiger partial charge in [0.25, 0.3) is 10.1 Å². The Labute approximate surface area is 615 Å². The van der Waals surface area contributed by atoms with Crippen LogP contribution >= 0.6 is 0 Å². The summed E-state index contributed by atoms with van der Waals surface area (Å²) < 4.78 is 218. The molecule has 412 valence electrons. The van der Waals surface area contributed by atoms with E-state index in [1.54, 1.807) is 0 Å². The molecule has 2 aliphatic carbocycles. The largest absolute Gasteiger partial charge is 1.00 e. The van der Waals surface area contributed by atoms with Crippen LogP contribution < -0.4 is 209 Å². The maximum Gasteiger partial charge on any atom is 1.00 e. The second kappa shape index (κ2) is 30.1. The number of hydrogen-bond donors (Lipinski definition) is 5. The van der Waals surface area contributed by atoms with Crippen LogP contribution in [0.2, 0.25) is 0 Å². The van der Waals surface area contributed by atoms with E-state index in [0.717, 1.165) is 48.3 Å². The zero-order valence-corrected chi connectivity index (χ0v) is 61.5. The summed E-state index contributed by atoms with van der Waals surface area (Å²) in [6, 6.07) is 14.7. The van der Waals surface area contributed by atoms with Gasteiger partial charge in [0.1, 0.15) is 61.2 Å². The van der Waals surface area contributed by atoms with Gasteiger partial charge in [-0.3, -0.25) is 25.0 Å². The van der Waals surface area contributed by atoms with E-state index in [0.29, 0.717) is 36.4 Å². The molecule has 0 saturated carbocycles. The Morgan fingerprint density at radius 2 is 0.918 bits per heavy atom. The molecule has 1 heterocycles. The molecule has 5 N–H and O–H groups in total. The smallest absolute Gasteiger partial charge is 0.844 e. The van der Waals surface area contributed by atoms with Crippen LogP contribution in [0, 0.1) is 0 Å². The fraction of sp³-hybridized carbons (Fsp3) is 0.0238. The standard InChI is InChI=1S/C42H32N10O21S6.6Na/c1-52(29-19-25(75(59,60)61)15-21-17-33(79(71,72)73)37(39(54)35(21)29)51-49-27-7-3-5-9-31(27)77(65,66)67)41-45-40(46-42(55)47-41)44-23-12-10-22(11-13-23)43-28-18-24(74(56,57)58)14-20-16-32(78(68,69)70)36(38(53)34(20)28)50-48-26-6-2-4-8-30(26)76(62,63)64;;;;;;/h2-19,43,48-49H,1H3,(H,56,57,58)(H,59,60,61)(H,62,63,64)(H,65,66,67)(H,68,69,70)(H,71,72,73)(H2,44,45,46,47,55);;;;;;/q;6*+1/p-6/b50-36+,51-37+;;;;;;. The van der Waals surface area contributed by atoms with E-state index >= 15 is 0 Å². The summed E-state index contributed by atoms with van der Waals surface area (Å²) >= 11 is 0. The number of hydrogen-bond acceptors (Lipinski definition) is 30. The Hall–Kier alpha value is -2.47. The van der Waals surface area contributed by atoms with Crippen LogP contribution in [0.25, 0.3) is 12.2 Å². The summed E-state index contributed by atoms with van der Waals surface area (Å²) in [4.78, 5) is 34.0. The third-order valence-electron chi connectivity index (χ3n) is 10.9. The molecule has 0 saturated heterocycles. The molecule has 8 rings (SSSR count). The van der Waals surface area contributed by atoms with Gasteiger partial charge in [0.2, 0.25) is 23.5 Å². The van der Waals surface area contributed by atoms with Crippen LogP contribution in [0.15, 0.2) is 137 Å². The van der Waals surface area contributed by atoms with Crippen LogP contribution in [0.1, 0.15) is 31.8 Å². The van der Waals surface area contributed by atoms with Crippen LogP contribution in [-0.4, -0.2) is 123 Å². The number of nitrogens with one attached hydrogen (secondary N) is 4. The molecule has 0 radical (unpaired) electrons. The zero-order valence-electron chi connectivity index (χ0n) is 44.6. The molecule has 2 aliphatic rings. The van der Waals surface area contributed by atoms with Gasteiger partial charge in [-0.2, -0.15) is 23.6 Å². The predicted octanol–water partition coefficient (Wildman–Crippen LogP) is -16.7. The van der Waals surface area contributed by atoms with Crippen molar-refractivity contribution in [2.45, 2.75) is 19.6 Å². The molecule has 43 heteroatoms. The van der Waals surface area contributed by atoms with E-state index in [9.17, 15) is 92.5 Å². The zero-order chi connectivity index (χ0) is 57.9. The van der Waals surface area contributed by atoms with Gasteiger partial charge in [-0.1, -0.05) is 24.3 Å². The molecular formula is C42H26N10Na6O21S6. The first-order valence-corrected chi connectivity index (χ1v) is 29.4. The average molecular weight is 1340 g/mol. The molecule has 85 heavy (non-hydrogen) atoms. The first-order chi connectivity index (χ1) is 36.6. The summed E-state index contributed by atoms with van der Waals surface area (Å²) in [6.07, 6.45) is 1.07. The van der Waals surface area contributed by atoms with Crippen LogP contribution in [0.5, 0.6) is 6.01 Å². The molecule has 0 aliphatic heterocycles. The summed E-state index contributed by atoms with van der Waals surface area (Å²) in [6.45, 7) is 0. The van der Waals surface area contributed by atoms with Crippen LogP contribution in [0.3, 0.4) is 0 Å². The van der Waals surface area contributed by atoms with Crippen LogP contribution in [-0.2, 0) is 60.7 Å². The van der Waals surface area contributed by atoms with E-state index in [4.69, 9.17) is 0 Å². The van der Waals surface area contributed by atoms with E-state index < -0.39 is 176 Å². The van der Waals surface area contributed by atoms with Gasteiger partial charge in [0.15, 0.2) is 5.71 Å². The minimum absolute atomic E-state index is 0. The third kappa shape index (κ3) is 18.4. The molecule has 31 nitrogen and oxygen atoms in total. The monoisotopic (exact) mass is 1340 g/mol. The molecule has 1 aromatic heterocycles. The topological polar surface area (TPSA) is 512 Å². The van der Waals surface area contributed by atoms with Gasteiger partial charge in [-0.15, -0.1) is 0 Å². The van der Waals surface area contributed by atoms with Crippen molar-refractivity contribution in [1.29, 1.82) is 0 Å². The van der Waals surface area contributed by atoms with Gasteiger partial charge in [-0.25, -0.2) is 52.1 Å². The van der Waals surface area contributed by atoms with Gasteiger partial charge < -0.3 is 43.4 Å². The number of benzene rings is 5. The van der Waals surface area contributed by atoms with E-state index in [1.807, 2.05) is 0 Å². The van der Waals surface area contributed by atoms with Crippen molar-refractivity contribution >= 4 is 142 Å². The number of rotatable bonds is 16. The Morgan fingerprint density at radius 3 is 1.38 bits per heavy atom. The second-order valence-corrected chi connectivity index (χ2v) is 24.2. The number of allylic oxidation sites excluding steroid dienone is 2. The van der Waals surface area contributed by atoms with E-state index in [-0.39, 0.29) is 189 Å². The summed E-state index contributed by atoms with van der Waals surface area (Å²) in [5.74, 6) is -4.08. The number of nitrogens with zero attached hydrogens (tertiary/aromatic N) is 6. The Balaban J connectivity index is 0.00000411. The molecule has 0 atom stereocenters. The fourth-order valence-electron chi connectivity index (χ4n) is 7.49. The predicted molar refractivity (Wildman–Crippen MR) is 266 cm³/mol. The van der Waals surface area contributed by atoms with Gasteiger partial charge >= 0.3 is 177 Å². The number of carbonyl (C=O) groups is 2. The molecule has 0 amide bonds. The molecular weight excluding hydrogens is 1310 g/mol. The SMILES string of the molecule is CN(c1nc([O-])nc(Nc2ccc(Nc3cc(S(=O)(=O)[O-])cc4c3C(=O)/C(=N/Nc3ccccc3S(=O)(=O)[O-])C(S(=O)(=O)[O-])=C4)cc2)n1)c1cc(S(=O)(=O)[O-])cc2c1C(=O)/C(=N/Nc1ccccc1S(=O)(=O)[O-])C(S(=O)(=O)O)=C2.[Na+].[Na+].[Na+].[Na+].[Na+].[Na+]. The molecule has 6 aromatic rings. The number of anilines is 8. The van der Waals surface area contributed by atoms with Gasteiger partial charge in [0, 0.05) is 18.4 Å². The maximum absolute atomic E-state index is 14.3. The minimum Gasteiger partial charge on any atom is -0.844 e. The van der Waals surface area contributed by atoms with Crippen molar-refractivity contribution in [2.75, 3.05) is 33.4 Å². The Bertz CT molecular complexity index is 4530. The number of hydrazone groups is 2. The van der Waals surface area contributed by atoms with Crippen molar-refractivity contribution in [1.82, 2.24) is 15.0 Å². The number of para-hydroxylation sites is 2. The summed E-state index contributed by atoms with van der Waals surface area (Å²) in [5, 5.41) is 25.6. The normalized spacial score (nSPS) is 14.1. The number of ketones is 2. The third-order valence-corrected chi connectivity index (χ3v) is 16.0. The van der Waals surface area contributed by atoms with Gasteiger partial charge in [-0.05, 0) is 96.1 Å². The van der Waals surface area contributed by atoms with E-state index in [1.165, 1.54) is 36.4 Å². The number of Topliss-reactive ketones (excluding diaryl/α,β-unsaturated/α-hetero) is 2. The first-order valence-electron chi connectivity index (χ1n) is 20.9. The Morgan fingerprint density at radius 1 is 0.494 bits per heavy atom. The Kier molecular flexibility index (Phi) is 27.8. The fourth-order valence-corrected chi connectivity index (χ4v) is 11.1. The molecule has 0 fully saturated rings. The van der Waals surface area contributed by atoms with Crippen LogP contribution in [0.4, 0.5) is 46.0 Å². The van der Waals surface area contributed by atoms with Gasteiger partial charge in [0.05, 0.1) is 64.4 Å². The number of carbonyl (C=O) groups excluding carboxylic acids is 2. The van der Waals surface area contributed by atoms with Crippen molar-refractivity contribution in [3.63, 3.8) is 0 Å². The van der Waals surface area contributed by atoms with Crippen molar-refractivity contribution in [3.05, 3.63) is 129 Å². The minimum atomic E-state index is -5.66. The molecule has 0 spiro atoms. The van der Waals surface area contributed by atoms with Crippen molar-refractivity contribution < 1.29 is 270 Å². The second-order valence-electron chi connectivity index (χ2n) is 16.0. The average Bonchev–Trinajstić information content (AvgIpc) is 3.31. The molecule has 5 aromatic carbocycles.